The van der Waals surface area contributed by atoms with Crippen LogP contribution >= 0.6 is 0 Å². The zero-order chi connectivity index (χ0) is 26.6. The van der Waals surface area contributed by atoms with Crippen molar-refractivity contribution in [2.24, 2.45) is 5.92 Å². The van der Waals surface area contributed by atoms with Crippen LogP contribution in [0.2, 0.25) is 0 Å². The Morgan fingerprint density at radius 1 is 1.14 bits per heavy atom. The molecule has 0 spiro atoms. The molecule has 0 saturated carbocycles. The van der Waals surface area contributed by atoms with Gasteiger partial charge in [0.05, 0.1) is 15.9 Å². The molecule has 0 bridgehead atoms. The summed E-state index contributed by atoms with van der Waals surface area (Å²) in [6.07, 6.45) is 1.13. The molecule has 0 unspecified atom stereocenters. The number of hydrogen-bond acceptors (Lipinski definition) is 8. The molecule has 10 heteroatoms. The highest BCUT2D eigenvalue weighted by atomic mass is 16.6. The number of nitro groups is 1. The van der Waals surface area contributed by atoms with Crippen LogP contribution in [0.1, 0.15) is 41.0 Å². The van der Waals surface area contributed by atoms with E-state index in [4.69, 9.17) is 13.9 Å². The number of rotatable bonds is 7. The Hall–Kier alpha value is -4.21. The predicted octanol–water partition coefficient (Wildman–Crippen LogP) is 5.21. The molecule has 2 atom stereocenters. The van der Waals surface area contributed by atoms with Crippen molar-refractivity contribution in [1.29, 1.82) is 0 Å². The minimum absolute atomic E-state index is 0.0905. The van der Waals surface area contributed by atoms with Crippen LogP contribution in [-0.2, 0) is 9.53 Å². The van der Waals surface area contributed by atoms with E-state index in [1.165, 1.54) is 48.7 Å². The lowest BCUT2D eigenvalue weighted by atomic mass is 9.99. The topological polar surface area (TPSA) is 138 Å². The van der Waals surface area contributed by atoms with Gasteiger partial charge in [-0.15, -0.1) is 0 Å². The summed E-state index contributed by atoms with van der Waals surface area (Å²) in [4.78, 5) is 48.5. The number of nitrogens with one attached hydrogen (secondary N) is 1. The highest BCUT2D eigenvalue weighted by Crippen LogP contribution is 2.25. The van der Waals surface area contributed by atoms with Gasteiger partial charge in [-0.1, -0.05) is 20.3 Å². The van der Waals surface area contributed by atoms with Crippen LogP contribution in [-0.4, -0.2) is 28.6 Å². The maximum Gasteiger partial charge on any atom is 0.408 e. The molecule has 1 aromatic heterocycles. The number of carbonyl (C=O) groups excluding carboxylic acids is 2. The van der Waals surface area contributed by atoms with Crippen molar-refractivity contribution in [3.05, 3.63) is 69.1 Å². The molecule has 1 heterocycles. The lowest BCUT2D eigenvalue weighted by molar-refractivity contribution is -0.384. The van der Waals surface area contributed by atoms with E-state index >= 15 is 0 Å². The van der Waals surface area contributed by atoms with Crippen LogP contribution in [0.25, 0.3) is 22.1 Å². The van der Waals surface area contributed by atoms with Gasteiger partial charge in [0.15, 0.2) is 5.43 Å². The number of nitrogens with zero attached hydrogens (tertiary/aromatic N) is 1. The van der Waals surface area contributed by atoms with Gasteiger partial charge >= 0.3 is 12.1 Å². The molecule has 3 aromatic rings. The van der Waals surface area contributed by atoms with Crippen LogP contribution in [0.15, 0.2) is 57.9 Å². The van der Waals surface area contributed by atoms with Gasteiger partial charge in [0.1, 0.15) is 29.2 Å². The Kier molecular flexibility index (Phi) is 7.77. The molecule has 3 rings (SSSR count). The summed E-state index contributed by atoms with van der Waals surface area (Å²) in [5, 5.41) is 13.7. The first kappa shape index (κ1) is 26.4. The number of non-ortho nitro benzene ring substituents is 1. The number of esters is 1. The summed E-state index contributed by atoms with van der Waals surface area (Å²) in [5.74, 6) is -0.773. The number of nitro benzene ring substituents is 1. The molecule has 0 aliphatic rings. The van der Waals surface area contributed by atoms with Gasteiger partial charge in [0, 0.05) is 18.2 Å². The molecule has 0 saturated heterocycles. The first-order chi connectivity index (χ1) is 16.9. The maximum absolute atomic E-state index is 13.0. The zero-order valence-corrected chi connectivity index (χ0v) is 20.7. The molecular weight excluding hydrogens is 468 g/mol. The van der Waals surface area contributed by atoms with Gasteiger partial charge in [-0.05, 0) is 56.5 Å². The Balaban J connectivity index is 1.83. The van der Waals surface area contributed by atoms with E-state index in [-0.39, 0.29) is 39.3 Å². The lowest BCUT2D eigenvalue weighted by Gasteiger charge is -2.25. The van der Waals surface area contributed by atoms with Crippen LogP contribution in [0.4, 0.5) is 10.5 Å². The molecule has 10 nitrogen and oxygen atoms in total. The highest BCUT2D eigenvalue weighted by Gasteiger charge is 2.30. The fourth-order valence-corrected chi connectivity index (χ4v) is 3.42. The largest absolute Gasteiger partial charge is 0.463 e. The number of fused-ring (bicyclic) bond motifs is 1. The van der Waals surface area contributed by atoms with Crippen molar-refractivity contribution in [3.63, 3.8) is 0 Å². The van der Waals surface area contributed by atoms with Crippen LogP contribution in [0.3, 0.4) is 0 Å². The third-order valence-corrected chi connectivity index (χ3v) is 5.49. The van der Waals surface area contributed by atoms with Crippen LogP contribution < -0.4 is 15.5 Å². The van der Waals surface area contributed by atoms with Crippen molar-refractivity contribution in [2.75, 3.05) is 0 Å². The van der Waals surface area contributed by atoms with Gasteiger partial charge in [0.2, 0.25) is 0 Å². The van der Waals surface area contributed by atoms with E-state index in [1.54, 1.807) is 20.8 Å². The SMILES string of the molecule is CC[C@@H](C)[C@@H](NC(=O)OC(C)(C)C)C(=O)Oc1ccc2c(=O)c(-c3ccc([N+](=O)[O-])cc3)coc2c1. The summed E-state index contributed by atoms with van der Waals surface area (Å²) >= 11 is 0. The van der Waals surface area contributed by atoms with Gasteiger partial charge in [0.25, 0.3) is 5.69 Å². The molecular formula is C26H28N2O8. The smallest absolute Gasteiger partial charge is 0.408 e. The second-order valence-corrected chi connectivity index (χ2v) is 9.37. The Morgan fingerprint density at radius 2 is 1.81 bits per heavy atom. The van der Waals surface area contributed by atoms with E-state index in [1.807, 2.05) is 13.8 Å². The van der Waals surface area contributed by atoms with Crippen molar-refractivity contribution >= 4 is 28.7 Å². The summed E-state index contributed by atoms with van der Waals surface area (Å²) in [5.41, 5.74) is -0.260. The van der Waals surface area contributed by atoms with Gasteiger partial charge in [-0.3, -0.25) is 14.9 Å². The molecule has 0 aliphatic heterocycles. The minimum Gasteiger partial charge on any atom is -0.463 e. The molecule has 190 valence electrons. The number of carbonyl (C=O) groups is 2. The number of ether oxygens (including phenoxy) is 2. The lowest BCUT2D eigenvalue weighted by Crippen LogP contribution is -2.48. The van der Waals surface area contributed by atoms with Crippen molar-refractivity contribution in [1.82, 2.24) is 5.32 Å². The van der Waals surface area contributed by atoms with E-state index in [0.717, 1.165) is 0 Å². The van der Waals surface area contributed by atoms with E-state index in [9.17, 15) is 24.5 Å². The van der Waals surface area contributed by atoms with Gasteiger partial charge in [-0.2, -0.15) is 0 Å². The maximum atomic E-state index is 13.0. The third-order valence-electron chi connectivity index (χ3n) is 5.49. The molecule has 0 fully saturated rings. The van der Waals surface area contributed by atoms with E-state index < -0.39 is 28.6 Å². The van der Waals surface area contributed by atoms with E-state index in [2.05, 4.69) is 5.32 Å². The predicted molar refractivity (Wildman–Crippen MR) is 133 cm³/mol. The van der Waals surface area contributed by atoms with Crippen molar-refractivity contribution < 1.29 is 28.4 Å². The molecule has 36 heavy (non-hydrogen) atoms. The van der Waals surface area contributed by atoms with Gasteiger partial charge in [-0.25, -0.2) is 9.59 Å². The fraction of sp³-hybridized carbons (Fsp3) is 0.346. The molecule has 0 aliphatic carbocycles. The molecule has 2 aromatic carbocycles. The Bertz CT molecular complexity index is 1340. The first-order valence-electron chi connectivity index (χ1n) is 11.4. The van der Waals surface area contributed by atoms with Crippen LogP contribution in [0.5, 0.6) is 5.75 Å². The fourth-order valence-electron chi connectivity index (χ4n) is 3.42. The average molecular weight is 497 g/mol. The third kappa shape index (κ3) is 6.26. The van der Waals surface area contributed by atoms with Crippen molar-refractivity contribution in [2.45, 2.75) is 52.7 Å². The van der Waals surface area contributed by atoms with Gasteiger partial charge < -0.3 is 19.2 Å². The molecule has 1 N–H and O–H groups in total. The highest BCUT2D eigenvalue weighted by molar-refractivity contribution is 5.86. The minimum atomic E-state index is -0.947. The summed E-state index contributed by atoms with van der Waals surface area (Å²) < 4.78 is 16.4. The Morgan fingerprint density at radius 3 is 2.39 bits per heavy atom. The second kappa shape index (κ2) is 10.6. The number of alkyl carbamates (subject to hydrolysis) is 1. The quantitative estimate of drug-likeness (QED) is 0.203. The van der Waals surface area contributed by atoms with Crippen molar-refractivity contribution in [3.8, 4) is 16.9 Å². The second-order valence-electron chi connectivity index (χ2n) is 9.37. The summed E-state index contributed by atoms with van der Waals surface area (Å²) in [6, 6.07) is 8.95. The number of amides is 1. The standard InChI is InChI=1S/C26H28N2O8/c1-6-15(2)22(27-25(31)36-26(3,4)5)24(30)35-18-11-12-19-21(13-18)34-14-20(23(19)29)16-7-9-17(10-8-16)28(32)33/h7-15,22H,6H2,1-5H3,(H,27,31)/t15-,22-/m1/s1. The first-order valence-corrected chi connectivity index (χ1v) is 11.4. The number of hydrogen-bond donors (Lipinski definition) is 1. The normalized spacial score (nSPS) is 13.0. The zero-order valence-electron chi connectivity index (χ0n) is 20.7. The number of benzene rings is 2. The molecule has 0 radical (unpaired) electrons. The Labute approximate surface area is 207 Å². The summed E-state index contributed by atoms with van der Waals surface area (Å²) in [6.45, 7) is 8.86. The molecule has 1 amide bonds. The summed E-state index contributed by atoms with van der Waals surface area (Å²) in [7, 11) is 0. The average Bonchev–Trinajstić information content (AvgIpc) is 2.81. The van der Waals surface area contributed by atoms with Crippen LogP contribution in [0, 0.1) is 16.0 Å². The van der Waals surface area contributed by atoms with E-state index in [0.29, 0.717) is 12.0 Å². The monoisotopic (exact) mass is 496 g/mol.